The van der Waals surface area contributed by atoms with E-state index in [4.69, 9.17) is 4.74 Å². The van der Waals surface area contributed by atoms with Gasteiger partial charge in [-0.15, -0.1) is 0 Å². The molecule has 0 spiro atoms. The molecule has 0 heterocycles. The number of carbonyl (C=O) groups is 1. The third-order valence-corrected chi connectivity index (χ3v) is 2.17. The number of rotatable bonds is 4. The number of hydrogen-bond acceptors (Lipinski definition) is 2. The third kappa shape index (κ3) is 2.29. The van der Waals surface area contributed by atoms with E-state index in [1.54, 1.807) is 7.11 Å². The number of methoxy groups -OCH3 is 1. The Labute approximate surface area is 68.9 Å². The van der Waals surface area contributed by atoms with E-state index in [-0.39, 0.29) is 11.7 Å². The molecule has 0 saturated heterocycles. The maximum atomic E-state index is 11.5. The summed E-state index contributed by atoms with van der Waals surface area (Å²) in [5.74, 6) is 0.238. The highest BCUT2D eigenvalue weighted by atomic mass is 16.5. The first-order chi connectivity index (χ1) is 4.98. The largest absolute Gasteiger partial charge is 0.371 e. The normalized spacial score (nSPS) is 16.5. The Morgan fingerprint density at radius 2 is 2.00 bits per heavy atom. The lowest BCUT2D eigenvalue weighted by molar-refractivity contribution is -0.142. The highest BCUT2D eigenvalue weighted by Crippen LogP contribution is 2.19. The van der Waals surface area contributed by atoms with Crippen LogP contribution in [0.2, 0.25) is 0 Å². The second kappa shape index (κ2) is 3.86. The van der Waals surface area contributed by atoms with Gasteiger partial charge in [0.15, 0.2) is 5.78 Å². The summed E-state index contributed by atoms with van der Waals surface area (Å²) < 4.78 is 5.16. The zero-order chi connectivity index (χ0) is 9.07. The second-order valence-corrected chi connectivity index (χ2v) is 3.31. The van der Waals surface area contributed by atoms with Crippen molar-refractivity contribution in [2.45, 2.75) is 39.7 Å². The van der Waals surface area contributed by atoms with Crippen LogP contribution in [0.3, 0.4) is 0 Å². The number of carbonyl (C=O) groups excluding carboxylic acids is 1. The molecule has 0 amide bonds. The fourth-order valence-electron chi connectivity index (χ4n) is 1.03. The van der Waals surface area contributed by atoms with Gasteiger partial charge in [0, 0.05) is 13.0 Å². The number of ether oxygens (including phenoxy) is 1. The van der Waals surface area contributed by atoms with Gasteiger partial charge >= 0.3 is 0 Å². The third-order valence-electron chi connectivity index (χ3n) is 2.17. The first-order valence-corrected chi connectivity index (χ1v) is 4.07. The van der Waals surface area contributed by atoms with Crippen molar-refractivity contribution in [3.63, 3.8) is 0 Å². The van der Waals surface area contributed by atoms with Gasteiger partial charge in [-0.25, -0.2) is 0 Å². The standard InChI is InChI=1S/C9H18O2/c1-6-9(4,11-5)8(10)7(2)3/h7H,6H2,1-5H3. The molecule has 0 aromatic carbocycles. The Morgan fingerprint density at radius 1 is 1.55 bits per heavy atom. The summed E-state index contributed by atoms with van der Waals surface area (Å²) in [5.41, 5.74) is -0.575. The molecule has 66 valence electrons. The Hall–Kier alpha value is -0.370. The van der Waals surface area contributed by atoms with Crippen LogP contribution in [-0.2, 0) is 9.53 Å². The predicted octanol–water partition coefficient (Wildman–Crippen LogP) is 2.03. The van der Waals surface area contributed by atoms with E-state index in [0.29, 0.717) is 0 Å². The zero-order valence-electron chi connectivity index (χ0n) is 8.10. The van der Waals surface area contributed by atoms with Crippen molar-refractivity contribution in [2.75, 3.05) is 7.11 Å². The fourth-order valence-corrected chi connectivity index (χ4v) is 1.03. The smallest absolute Gasteiger partial charge is 0.166 e. The van der Waals surface area contributed by atoms with Crippen LogP contribution in [0.25, 0.3) is 0 Å². The Bertz CT molecular complexity index is 134. The van der Waals surface area contributed by atoms with Crippen molar-refractivity contribution in [1.29, 1.82) is 0 Å². The van der Waals surface area contributed by atoms with Crippen molar-refractivity contribution < 1.29 is 9.53 Å². The molecule has 0 N–H and O–H groups in total. The highest BCUT2D eigenvalue weighted by Gasteiger charge is 2.32. The summed E-state index contributed by atoms with van der Waals surface area (Å²) >= 11 is 0. The lowest BCUT2D eigenvalue weighted by Gasteiger charge is -2.26. The summed E-state index contributed by atoms with van der Waals surface area (Å²) in [6, 6.07) is 0. The molecule has 0 aliphatic heterocycles. The predicted molar refractivity (Wildman–Crippen MR) is 45.6 cm³/mol. The molecule has 0 aliphatic rings. The fraction of sp³-hybridized carbons (Fsp3) is 0.889. The molecule has 0 radical (unpaired) electrons. The van der Waals surface area contributed by atoms with E-state index in [1.165, 1.54) is 0 Å². The van der Waals surface area contributed by atoms with E-state index in [2.05, 4.69) is 0 Å². The maximum Gasteiger partial charge on any atom is 0.166 e. The molecule has 0 saturated carbocycles. The van der Waals surface area contributed by atoms with Crippen LogP contribution >= 0.6 is 0 Å². The van der Waals surface area contributed by atoms with E-state index >= 15 is 0 Å². The molecule has 11 heavy (non-hydrogen) atoms. The molecular weight excluding hydrogens is 140 g/mol. The van der Waals surface area contributed by atoms with Gasteiger partial charge in [0.25, 0.3) is 0 Å². The number of Topliss-reactive ketones (excluding diaryl/α,β-unsaturated/α-hetero) is 1. The average Bonchev–Trinajstić information content (AvgIpc) is 2.01. The first kappa shape index (κ1) is 10.6. The summed E-state index contributed by atoms with van der Waals surface area (Å²) in [6.07, 6.45) is 0.737. The van der Waals surface area contributed by atoms with Gasteiger partial charge in [-0.3, -0.25) is 4.79 Å². The molecule has 0 rings (SSSR count). The minimum Gasteiger partial charge on any atom is -0.371 e. The summed E-state index contributed by atoms with van der Waals surface area (Å²) in [7, 11) is 1.59. The van der Waals surface area contributed by atoms with Crippen LogP contribution in [0.15, 0.2) is 0 Å². The molecule has 2 heteroatoms. The van der Waals surface area contributed by atoms with Gasteiger partial charge in [-0.1, -0.05) is 20.8 Å². The quantitative estimate of drug-likeness (QED) is 0.625. The topological polar surface area (TPSA) is 26.3 Å². The molecular formula is C9H18O2. The van der Waals surface area contributed by atoms with Crippen LogP contribution < -0.4 is 0 Å². The monoisotopic (exact) mass is 158 g/mol. The van der Waals surface area contributed by atoms with Gasteiger partial charge in [0.1, 0.15) is 5.60 Å². The van der Waals surface area contributed by atoms with Gasteiger partial charge in [0.2, 0.25) is 0 Å². The van der Waals surface area contributed by atoms with Crippen LogP contribution in [0.5, 0.6) is 0 Å². The first-order valence-electron chi connectivity index (χ1n) is 4.07. The van der Waals surface area contributed by atoms with Crippen molar-refractivity contribution >= 4 is 5.78 Å². The van der Waals surface area contributed by atoms with Crippen molar-refractivity contribution in [3.8, 4) is 0 Å². The molecule has 1 unspecified atom stereocenters. The molecule has 0 aromatic heterocycles. The average molecular weight is 158 g/mol. The van der Waals surface area contributed by atoms with Crippen LogP contribution in [-0.4, -0.2) is 18.5 Å². The summed E-state index contributed by atoms with van der Waals surface area (Å²) in [6.45, 7) is 7.60. The van der Waals surface area contributed by atoms with Crippen LogP contribution in [0.4, 0.5) is 0 Å². The molecule has 1 atom stereocenters. The molecule has 2 nitrogen and oxygen atoms in total. The van der Waals surface area contributed by atoms with E-state index in [9.17, 15) is 4.79 Å². The zero-order valence-corrected chi connectivity index (χ0v) is 8.10. The van der Waals surface area contributed by atoms with E-state index in [1.807, 2.05) is 27.7 Å². The second-order valence-electron chi connectivity index (χ2n) is 3.31. The number of hydrogen-bond donors (Lipinski definition) is 0. The molecule has 0 aliphatic carbocycles. The van der Waals surface area contributed by atoms with E-state index < -0.39 is 5.60 Å². The van der Waals surface area contributed by atoms with Gasteiger partial charge in [0.05, 0.1) is 0 Å². The molecule has 0 fully saturated rings. The summed E-state index contributed by atoms with van der Waals surface area (Å²) in [5, 5.41) is 0. The lowest BCUT2D eigenvalue weighted by Crippen LogP contribution is -2.39. The van der Waals surface area contributed by atoms with Crippen LogP contribution in [0.1, 0.15) is 34.1 Å². The van der Waals surface area contributed by atoms with Gasteiger partial charge in [-0.2, -0.15) is 0 Å². The van der Waals surface area contributed by atoms with E-state index in [0.717, 1.165) is 6.42 Å². The Kier molecular flexibility index (Phi) is 3.73. The maximum absolute atomic E-state index is 11.5. The Balaban J connectivity index is 4.37. The number of ketones is 1. The highest BCUT2D eigenvalue weighted by molar-refractivity contribution is 5.88. The van der Waals surface area contributed by atoms with Gasteiger partial charge < -0.3 is 4.74 Å². The minimum absolute atomic E-state index is 0.0555. The lowest BCUT2D eigenvalue weighted by atomic mass is 9.90. The summed E-state index contributed by atoms with van der Waals surface area (Å²) in [4.78, 5) is 11.5. The molecule has 0 aromatic rings. The van der Waals surface area contributed by atoms with Crippen molar-refractivity contribution in [2.24, 2.45) is 5.92 Å². The SMILES string of the molecule is CCC(C)(OC)C(=O)C(C)C. The Morgan fingerprint density at radius 3 is 2.09 bits per heavy atom. The van der Waals surface area contributed by atoms with Crippen LogP contribution in [0, 0.1) is 5.92 Å². The van der Waals surface area contributed by atoms with Crippen molar-refractivity contribution in [1.82, 2.24) is 0 Å². The minimum atomic E-state index is -0.575. The van der Waals surface area contributed by atoms with Crippen molar-refractivity contribution in [3.05, 3.63) is 0 Å². The van der Waals surface area contributed by atoms with Gasteiger partial charge in [-0.05, 0) is 13.3 Å². The molecule has 0 bridgehead atoms.